The summed E-state index contributed by atoms with van der Waals surface area (Å²) in [5.41, 5.74) is -0.298. The van der Waals surface area contributed by atoms with Crippen molar-refractivity contribution in [2.45, 2.75) is 19.2 Å². The zero-order chi connectivity index (χ0) is 16.4. The van der Waals surface area contributed by atoms with Crippen LogP contribution >= 0.6 is 0 Å². The van der Waals surface area contributed by atoms with E-state index in [1.165, 1.54) is 12.4 Å². The van der Waals surface area contributed by atoms with Gasteiger partial charge in [0, 0.05) is 35.7 Å². The second-order valence-electron chi connectivity index (χ2n) is 5.15. The molecule has 24 heavy (non-hydrogen) atoms. The molecule has 3 heterocycles. The molecular weight excluding hydrogens is 378 g/mol. The van der Waals surface area contributed by atoms with Crippen LogP contribution in [0.3, 0.4) is 0 Å². The van der Waals surface area contributed by atoms with E-state index in [1.54, 1.807) is 42.1 Å². The Bertz CT molecular complexity index is 766. The molecule has 7 nitrogen and oxygen atoms in total. The van der Waals surface area contributed by atoms with Gasteiger partial charge in [0.15, 0.2) is 18.1 Å². The van der Waals surface area contributed by atoms with Gasteiger partial charge in [-0.3, -0.25) is 9.78 Å². The molecular formula is C16H16BrN3O4. The molecule has 1 amide bonds. The van der Waals surface area contributed by atoms with Crippen LogP contribution in [0.1, 0.15) is 28.4 Å². The quantitative estimate of drug-likeness (QED) is 0.423. The minimum absolute atomic E-state index is 0. The van der Waals surface area contributed by atoms with E-state index in [0.29, 0.717) is 23.3 Å². The molecule has 0 aromatic carbocycles. The van der Waals surface area contributed by atoms with Crippen molar-refractivity contribution in [3.63, 3.8) is 0 Å². The van der Waals surface area contributed by atoms with E-state index in [0.717, 1.165) is 0 Å². The summed E-state index contributed by atoms with van der Waals surface area (Å²) >= 11 is 0. The van der Waals surface area contributed by atoms with Gasteiger partial charge in [0.05, 0.1) is 12.2 Å². The number of pyridine rings is 2. The minimum atomic E-state index is -1.60. The number of nitrogens with zero attached hydrogens (tertiary/aromatic N) is 2. The largest absolute Gasteiger partial charge is 1.00 e. The molecule has 1 aliphatic heterocycles. The summed E-state index contributed by atoms with van der Waals surface area (Å²) in [5.74, 6) is -0.714. The van der Waals surface area contributed by atoms with Gasteiger partial charge < -0.3 is 32.1 Å². The van der Waals surface area contributed by atoms with Gasteiger partial charge in [-0.1, -0.05) is 0 Å². The van der Waals surface area contributed by atoms with Crippen LogP contribution in [0.25, 0.3) is 0 Å². The number of amides is 1. The van der Waals surface area contributed by atoms with Gasteiger partial charge >= 0.3 is 5.97 Å². The average Bonchev–Trinajstić information content (AvgIpc) is 2.81. The fourth-order valence-electron chi connectivity index (χ4n) is 2.58. The Kier molecular flexibility index (Phi) is 5.30. The number of aliphatic hydroxyl groups is 1. The van der Waals surface area contributed by atoms with Gasteiger partial charge in [0.1, 0.15) is 0 Å². The van der Waals surface area contributed by atoms with Crippen molar-refractivity contribution in [3.8, 4) is 0 Å². The summed E-state index contributed by atoms with van der Waals surface area (Å²) in [6.45, 7) is 2.16. The Morgan fingerprint density at radius 3 is 2.75 bits per heavy atom. The first kappa shape index (κ1) is 18.0. The Hall–Kier alpha value is -2.32. The third-order valence-electron chi connectivity index (χ3n) is 3.68. The molecule has 1 atom stereocenters. The lowest BCUT2D eigenvalue weighted by atomic mass is 9.96. The lowest BCUT2D eigenvalue weighted by Gasteiger charge is -2.23. The van der Waals surface area contributed by atoms with E-state index in [-0.39, 0.29) is 35.4 Å². The summed E-state index contributed by atoms with van der Waals surface area (Å²) in [6.07, 6.45) is 6.24. The van der Waals surface area contributed by atoms with Gasteiger partial charge in [0.2, 0.25) is 6.54 Å². The average molecular weight is 394 g/mol. The number of rotatable bonds is 4. The van der Waals surface area contributed by atoms with Gasteiger partial charge in [-0.25, -0.2) is 4.79 Å². The molecule has 2 N–H and O–H groups in total. The molecule has 126 valence electrons. The molecule has 0 fully saturated rings. The number of halogens is 1. The fraction of sp³-hybridized carbons (Fsp3) is 0.250. The summed E-state index contributed by atoms with van der Waals surface area (Å²) in [7, 11) is 0. The normalized spacial score (nSPS) is 18.3. The second-order valence-corrected chi connectivity index (χ2v) is 5.15. The highest BCUT2D eigenvalue weighted by molar-refractivity contribution is 5.99. The predicted molar refractivity (Wildman–Crippen MR) is 78.0 cm³/mol. The number of hydrogen-bond donors (Lipinski definition) is 2. The van der Waals surface area contributed by atoms with Gasteiger partial charge in [-0.2, -0.15) is 4.57 Å². The summed E-state index contributed by atoms with van der Waals surface area (Å²) in [5, 5.41) is 13.4. The van der Waals surface area contributed by atoms with Crippen molar-refractivity contribution in [1.82, 2.24) is 10.3 Å². The number of aromatic nitrogens is 2. The molecule has 0 radical (unpaired) electrons. The number of fused-ring (bicyclic) bond motifs is 1. The first-order chi connectivity index (χ1) is 11.0. The maximum Gasteiger partial charge on any atom is 0.372 e. The van der Waals surface area contributed by atoms with Crippen LogP contribution in [0, 0.1) is 0 Å². The maximum absolute atomic E-state index is 12.0. The molecule has 1 unspecified atom stereocenters. The third-order valence-corrected chi connectivity index (χ3v) is 3.68. The molecule has 8 heteroatoms. The molecule has 0 aliphatic carbocycles. The smallest absolute Gasteiger partial charge is 0.372 e. The summed E-state index contributed by atoms with van der Waals surface area (Å²) in [4.78, 5) is 27.3. The molecule has 3 rings (SSSR count). The maximum atomic E-state index is 12.0. The van der Waals surface area contributed by atoms with E-state index in [4.69, 9.17) is 4.74 Å². The van der Waals surface area contributed by atoms with Crippen molar-refractivity contribution in [2.75, 3.05) is 6.61 Å². The summed E-state index contributed by atoms with van der Waals surface area (Å²) < 4.78 is 6.52. The molecule has 2 aromatic heterocycles. The molecule has 0 bridgehead atoms. The van der Waals surface area contributed by atoms with Crippen LogP contribution in [-0.2, 0) is 21.8 Å². The Labute approximate surface area is 149 Å². The fourth-order valence-corrected chi connectivity index (χ4v) is 2.58. The number of ether oxygens (including phenoxy) is 1. The van der Waals surface area contributed by atoms with Crippen LogP contribution < -0.4 is 26.9 Å². The summed E-state index contributed by atoms with van der Waals surface area (Å²) in [6, 6.07) is 4.90. The number of hydrogen-bond acceptors (Lipinski definition) is 5. The zero-order valence-electron chi connectivity index (χ0n) is 12.9. The third kappa shape index (κ3) is 3.15. The van der Waals surface area contributed by atoms with Gasteiger partial charge in [0.25, 0.3) is 5.91 Å². The molecule has 0 spiro atoms. The Balaban J connectivity index is 0.00000208. The minimum Gasteiger partial charge on any atom is -1.00 e. The lowest BCUT2D eigenvalue weighted by Crippen LogP contribution is -3.00. The van der Waals surface area contributed by atoms with Crippen molar-refractivity contribution in [1.29, 1.82) is 0 Å². The van der Waals surface area contributed by atoms with Gasteiger partial charge in [-0.05, 0) is 13.0 Å². The van der Waals surface area contributed by atoms with Crippen molar-refractivity contribution >= 4 is 11.9 Å². The van der Waals surface area contributed by atoms with E-state index < -0.39 is 5.72 Å². The predicted octanol–water partition coefficient (Wildman–Crippen LogP) is -3.13. The highest BCUT2D eigenvalue weighted by atomic mass is 79.9. The second kappa shape index (κ2) is 7.06. The van der Waals surface area contributed by atoms with E-state index >= 15 is 0 Å². The molecule has 2 aromatic rings. The molecule has 1 aliphatic rings. The first-order valence-corrected chi connectivity index (χ1v) is 7.19. The van der Waals surface area contributed by atoms with Crippen molar-refractivity contribution in [2.24, 2.45) is 0 Å². The Morgan fingerprint density at radius 2 is 2.08 bits per heavy atom. The standard InChI is InChI=1S/C16H15N3O4.BrH/c1-2-23-14(20)10-19-7-4-11(5-8-19)16(22)13-3-6-17-9-12(13)15(21)18-16;/h3-9,22H,2,10H2,1H3;1H. The SMILES string of the molecule is CCOC(=O)C[n+]1ccc(C2(O)NC(=O)c3cnccc32)cc1.[Br-]. The van der Waals surface area contributed by atoms with E-state index in [9.17, 15) is 14.7 Å². The Morgan fingerprint density at radius 1 is 1.38 bits per heavy atom. The topological polar surface area (TPSA) is 92.4 Å². The van der Waals surface area contributed by atoms with Crippen LogP contribution in [0.4, 0.5) is 0 Å². The van der Waals surface area contributed by atoms with Crippen LogP contribution in [-0.4, -0.2) is 28.6 Å². The van der Waals surface area contributed by atoms with Crippen LogP contribution in [0.15, 0.2) is 43.0 Å². The number of carbonyl (C=O) groups is 2. The monoisotopic (exact) mass is 393 g/mol. The molecule has 0 saturated carbocycles. The number of esters is 1. The van der Waals surface area contributed by atoms with Gasteiger partial charge in [-0.15, -0.1) is 0 Å². The van der Waals surface area contributed by atoms with Crippen LogP contribution in [0.2, 0.25) is 0 Å². The van der Waals surface area contributed by atoms with Crippen molar-refractivity contribution in [3.05, 3.63) is 59.7 Å². The first-order valence-electron chi connectivity index (χ1n) is 7.19. The zero-order valence-corrected chi connectivity index (χ0v) is 14.5. The van der Waals surface area contributed by atoms with Crippen LogP contribution in [0.5, 0.6) is 0 Å². The van der Waals surface area contributed by atoms with E-state index in [1.807, 2.05) is 0 Å². The lowest BCUT2D eigenvalue weighted by molar-refractivity contribution is -0.686. The highest BCUT2D eigenvalue weighted by Crippen LogP contribution is 2.33. The van der Waals surface area contributed by atoms with E-state index in [2.05, 4.69) is 10.3 Å². The number of carbonyl (C=O) groups excluding carboxylic acids is 2. The number of nitrogens with one attached hydrogen (secondary N) is 1. The molecule has 0 saturated heterocycles. The highest BCUT2D eigenvalue weighted by Gasteiger charge is 2.43. The van der Waals surface area contributed by atoms with Crippen molar-refractivity contribution < 1.29 is 41.0 Å².